The number of aromatic nitrogens is 1. The van der Waals surface area contributed by atoms with Crippen LogP contribution in [0.3, 0.4) is 0 Å². The summed E-state index contributed by atoms with van der Waals surface area (Å²) in [7, 11) is 0. The molecule has 0 fully saturated rings. The lowest BCUT2D eigenvalue weighted by Gasteiger charge is -2.17. The Kier molecular flexibility index (Phi) is 3.72. The fourth-order valence-corrected chi connectivity index (χ4v) is 5.98. The molecule has 1 nitrogen and oxygen atoms in total. The van der Waals surface area contributed by atoms with Crippen LogP contribution in [0.4, 0.5) is 0 Å². The van der Waals surface area contributed by atoms with Crippen molar-refractivity contribution in [2.75, 3.05) is 0 Å². The molecule has 0 saturated heterocycles. The van der Waals surface area contributed by atoms with Gasteiger partial charge in [-0.2, -0.15) is 0 Å². The molecule has 0 radical (unpaired) electrons. The molecular weight excluding hydrogens is 422 g/mol. The summed E-state index contributed by atoms with van der Waals surface area (Å²) < 4.78 is 2.44. The topological polar surface area (TPSA) is 4.93 Å². The predicted molar refractivity (Wildman–Crippen MR) is 150 cm³/mol. The minimum atomic E-state index is 1.23. The van der Waals surface area contributed by atoms with Crippen LogP contribution in [0, 0.1) is 0 Å². The first kappa shape index (κ1) is 18.8. The molecule has 162 valence electrons. The zero-order valence-corrected chi connectivity index (χ0v) is 19.1. The van der Waals surface area contributed by atoms with Gasteiger partial charge in [0.25, 0.3) is 0 Å². The van der Waals surface area contributed by atoms with Gasteiger partial charge < -0.3 is 4.57 Å². The first-order valence-corrected chi connectivity index (χ1v) is 12.1. The quantitative estimate of drug-likeness (QED) is 0.235. The van der Waals surface area contributed by atoms with E-state index in [0.29, 0.717) is 0 Å². The number of hydrogen-bond donors (Lipinski definition) is 0. The third-order valence-corrected chi connectivity index (χ3v) is 7.50. The maximum absolute atomic E-state index is 2.44. The Bertz CT molecular complexity index is 1970. The Balaban J connectivity index is 1.49. The van der Waals surface area contributed by atoms with Crippen LogP contribution in [0.15, 0.2) is 127 Å². The van der Waals surface area contributed by atoms with E-state index in [1.807, 2.05) is 0 Å². The van der Waals surface area contributed by atoms with Crippen LogP contribution < -0.4 is 0 Å². The highest BCUT2D eigenvalue weighted by molar-refractivity contribution is 6.25. The lowest BCUT2D eigenvalue weighted by Crippen LogP contribution is -1.96. The summed E-state index contributed by atoms with van der Waals surface area (Å²) >= 11 is 0. The predicted octanol–water partition coefficient (Wildman–Crippen LogP) is 9.35. The Morgan fingerprint density at radius 3 is 1.66 bits per heavy atom. The van der Waals surface area contributed by atoms with Gasteiger partial charge in [0.05, 0.1) is 16.7 Å². The van der Waals surface area contributed by atoms with E-state index in [0.717, 1.165) is 0 Å². The van der Waals surface area contributed by atoms with Crippen molar-refractivity contribution in [3.63, 3.8) is 0 Å². The largest absolute Gasteiger partial charge is 0.309 e. The van der Waals surface area contributed by atoms with E-state index < -0.39 is 0 Å². The van der Waals surface area contributed by atoms with Crippen LogP contribution in [0.5, 0.6) is 0 Å². The highest BCUT2D eigenvalue weighted by Crippen LogP contribution is 2.41. The van der Waals surface area contributed by atoms with Crippen LogP contribution >= 0.6 is 0 Å². The van der Waals surface area contributed by atoms with E-state index in [4.69, 9.17) is 0 Å². The molecule has 35 heavy (non-hydrogen) atoms. The molecule has 0 N–H and O–H groups in total. The SMILES string of the molecule is c1ccc(-c2cc3ccc4ccc(-n5c6ccccc6c6ccccc65)c5ccc(c2)c3c45)cc1. The second-order valence-electron chi connectivity index (χ2n) is 9.39. The van der Waals surface area contributed by atoms with Crippen LogP contribution in [0.2, 0.25) is 0 Å². The second kappa shape index (κ2) is 6.94. The van der Waals surface area contributed by atoms with Gasteiger partial charge in [-0.1, -0.05) is 97.1 Å². The van der Waals surface area contributed by atoms with E-state index in [-0.39, 0.29) is 0 Å². The lowest BCUT2D eigenvalue weighted by atomic mass is 9.91. The molecule has 1 heterocycles. The monoisotopic (exact) mass is 443 g/mol. The van der Waals surface area contributed by atoms with Gasteiger partial charge in [-0.05, 0) is 68.4 Å². The average Bonchev–Trinajstić information content (AvgIpc) is 3.26. The molecule has 0 aliphatic rings. The Labute approximate surface area is 202 Å². The molecule has 0 saturated carbocycles. The van der Waals surface area contributed by atoms with E-state index in [1.54, 1.807) is 0 Å². The zero-order chi connectivity index (χ0) is 22.9. The lowest BCUT2D eigenvalue weighted by molar-refractivity contribution is 1.20. The number of rotatable bonds is 2. The molecular formula is C34H21N. The molecule has 0 amide bonds. The third kappa shape index (κ3) is 2.58. The molecule has 0 atom stereocenters. The van der Waals surface area contributed by atoms with Crippen molar-refractivity contribution in [3.05, 3.63) is 127 Å². The van der Waals surface area contributed by atoms with Crippen molar-refractivity contribution >= 4 is 54.1 Å². The first-order chi connectivity index (χ1) is 17.4. The summed E-state index contributed by atoms with van der Waals surface area (Å²) in [6.07, 6.45) is 0. The van der Waals surface area contributed by atoms with E-state index in [1.165, 1.54) is 70.9 Å². The minimum absolute atomic E-state index is 1.23. The van der Waals surface area contributed by atoms with Gasteiger partial charge in [0.15, 0.2) is 0 Å². The molecule has 8 aromatic rings. The summed E-state index contributed by atoms with van der Waals surface area (Å²) in [6.45, 7) is 0. The summed E-state index contributed by atoms with van der Waals surface area (Å²) in [5.74, 6) is 0. The van der Waals surface area contributed by atoms with Crippen LogP contribution in [0.25, 0.3) is 70.9 Å². The van der Waals surface area contributed by atoms with Gasteiger partial charge in [-0.15, -0.1) is 0 Å². The fraction of sp³-hybridized carbons (Fsp3) is 0. The Hall–Kier alpha value is -4.62. The maximum Gasteiger partial charge on any atom is 0.0541 e. The molecule has 1 heteroatoms. The van der Waals surface area contributed by atoms with Crippen molar-refractivity contribution in [3.8, 4) is 16.8 Å². The Morgan fingerprint density at radius 2 is 0.943 bits per heavy atom. The highest BCUT2D eigenvalue weighted by Gasteiger charge is 2.17. The molecule has 0 bridgehead atoms. The summed E-state index contributed by atoms with van der Waals surface area (Å²) in [6, 6.07) is 46.5. The van der Waals surface area contributed by atoms with Crippen molar-refractivity contribution in [1.82, 2.24) is 4.57 Å². The van der Waals surface area contributed by atoms with Gasteiger partial charge >= 0.3 is 0 Å². The van der Waals surface area contributed by atoms with E-state index >= 15 is 0 Å². The average molecular weight is 444 g/mol. The van der Waals surface area contributed by atoms with Gasteiger partial charge in [0.1, 0.15) is 0 Å². The van der Waals surface area contributed by atoms with Crippen molar-refractivity contribution in [2.45, 2.75) is 0 Å². The van der Waals surface area contributed by atoms with Crippen molar-refractivity contribution in [2.24, 2.45) is 0 Å². The molecule has 0 aliphatic carbocycles. The van der Waals surface area contributed by atoms with Gasteiger partial charge in [-0.3, -0.25) is 0 Å². The summed E-state index contributed by atoms with van der Waals surface area (Å²) in [5, 5.41) is 10.4. The van der Waals surface area contributed by atoms with Gasteiger partial charge in [-0.25, -0.2) is 0 Å². The Morgan fingerprint density at radius 1 is 0.371 bits per heavy atom. The molecule has 0 aliphatic heterocycles. The van der Waals surface area contributed by atoms with Crippen molar-refractivity contribution in [1.29, 1.82) is 0 Å². The van der Waals surface area contributed by atoms with Gasteiger partial charge in [0.2, 0.25) is 0 Å². The number of nitrogens with zero attached hydrogens (tertiary/aromatic N) is 1. The third-order valence-electron chi connectivity index (χ3n) is 7.50. The van der Waals surface area contributed by atoms with Crippen LogP contribution in [-0.2, 0) is 0 Å². The first-order valence-electron chi connectivity index (χ1n) is 12.1. The maximum atomic E-state index is 2.44. The fourth-order valence-electron chi connectivity index (χ4n) is 5.98. The molecule has 0 unspecified atom stereocenters. The van der Waals surface area contributed by atoms with Crippen molar-refractivity contribution < 1.29 is 0 Å². The number of hydrogen-bond acceptors (Lipinski definition) is 0. The zero-order valence-electron chi connectivity index (χ0n) is 19.1. The van der Waals surface area contributed by atoms with Crippen LogP contribution in [-0.4, -0.2) is 4.57 Å². The number of benzene rings is 7. The minimum Gasteiger partial charge on any atom is -0.309 e. The molecule has 7 aromatic carbocycles. The van der Waals surface area contributed by atoms with Crippen LogP contribution in [0.1, 0.15) is 0 Å². The highest BCUT2D eigenvalue weighted by atomic mass is 15.0. The number of para-hydroxylation sites is 2. The standard InChI is InChI=1S/C34H21N/c1-2-8-22(9-3-1)26-20-24-15-14-23-17-19-32(29-18-16-25(21-26)33(24)34(23)29)35-30-12-6-4-10-27(30)28-11-5-7-13-31(28)35/h1-21H. The smallest absolute Gasteiger partial charge is 0.0541 e. The number of fused-ring (bicyclic) bond motifs is 3. The molecule has 8 rings (SSSR count). The normalized spacial score (nSPS) is 12.0. The molecule has 1 aromatic heterocycles. The second-order valence-corrected chi connectivity index (χ2v) is 9.39. The summed E-state index contributed by atoms with van der Waals surface area (Å²) in [5.41, 5.74) is 6.24. The summed E-state index contributed by atoms with van der Waals surface area (Å²) in [4.78, 5) is 0. The van der Waals surface area contributed by atoms with Gasteiger partial charge in [0, 0.05) is 16.2 Å². The molecule has 0 spiro atoms. The van der Waals surface area contributed by atoms with E-state index in [9.17, 15) is 0 Å². The van der Waals surface area contributed by atoms with E-state index in [2.05, 4.69) is 132 Å².